The lowest BCUT2D eigenvalue weighted by Crippen LogP contribution is -2.29. The molecule has 9 heteroatoms. The molecule has 0 unspecified atom stereocenters. The Morgan fingerprint density at radius 2 is 2.03 bits per heavy atom. The molecular weight excluding hydrogens is 524 g/mol. The molecule has 4 aromatic rings. The molecule has 0 bridgehead atoms. The van der Waals surface area contributed by atoms with E-state index in [4.69, 9.17) is 21.1 Å². The molecule has 7 nitrogen and oxygen atoms in total. The van der Waals surface area contributed by atoms with Gasteiger partial charge in [-0.3, -0.25) is 14.5 Å². The van der Waals surface area contributed by atoms with Crippen molar-refractivity contribution in [3.8, 4) is 11.5 Å². The number of amides is 1. The third-order valence-corrected chi connectivity index (χ3v) is 7.90. The lowest BCUT2D eigenvalue weighted by atomic mass is 9.94. The largest absolute Gasteiger partial charge is 0.507 e. The van der Waals surface area contributed by atoms with Crippen LogP contribution in [0.3, 0.4) is 0 Å². The summed E-state index contributed by atoms with van der Waals surface area (Å²) >= 11 is 7.43. The quantitative estimate of drug-likeness (QED) is 0.179. The van der Waals surface area contributed by atoms with E-state index in [1.807, 2.05) is 26.0 Å². The van der Waals surface area contributed by atoms with Crippen molar-refractivity contribution in [3.05, 3.63) is 87.9 Å². The SMILES string of the molecule is CCOc1cccc([C@@H]2C(=C(O)c3ccc4c(c3)C[C@@H](C)O4)C(=O)C(=O)N2c2nc3ccc(Cl)cc3s2)c1. The number of nitrogens with zero attached hydrogens (tertiary/aromatic N) is 2. The Balaban J connectivity index is 1.54. The average Bonchev–Trinajstić information content (AvgIpc) is 3.56. The molecule has 1 N–H and O–H groups in total. The normalized spacial score (nSPS) is 20.1. The molecule has 2 atom stereocenters. The zero-order chi connectivity index (χ0) is 26.6. The Hall–Kier alpha value is -3.88. The van der Waals surface area contributed by atoms with Crippen molar-refractivity contribution < 1.29 is 24.2 Å². The Kier molecular flexibility index (Phi) is 6.08. The fourth-order valence-electron chi connectivity index (χ4n) is 5.00. The molecule has 38 heavy (non-hydrogen) atoms. The Labute approximate surface area is 227 Å². The van der Waals surface area contributed by atoms with Crippen LogP contribution >= 0.6 is 22.9 Å². The highest BCUT2D eigenvalue weighted by molar-refractivity contribution is 7.22. The van der Waals surface area contributed by atoms with E-state index in [0.29, 0.717) is 45.6 Å². The molecular formula is C29H23ClN2O5S. The molecule has 6 rings (SSSR count). The summed E-state index contributed by atoms with van der Waals surface area (Å²) in [6.45, 7) is 4.31. The number of rotatable bonds is 5. The molecule has 1 fully saturated rings. The van der Waals surface area contributed by atoms with Crippen molar-refractivity contribution >= 4 is 55.7 Å². The molecule has 0 radical (unpaired) electrons. The number of fused-ring (bicyclic) bond motifs is 2. The number of aromatic nitrogens is 1. The number of carbonyl (C=O) groups is 2. The van der Waals surface area contributed by atoms with Gasteiger partial charge in [-0.05, 0) is 73.5 Å². The van der Waals surface area contributed by atoms with Gasteiger partial charge in [-0.1, -0.05) is 35.1 Å². The summed E-state index contributed by atoms with van der Waals surface area (Å²) in [7, 11) is 0. The number of carbonyl (C=O) groups excluding carboxylic acids is 2. The number of aliphatic hydroxyl groups is 1. The smallest absolute Gasteiger partial charge is 0.301 e. The van der Waals surface area contributed by atoms with Gasteiger partial charge in [0.25, 0.3) is 5.78 Å². The number of ether oxygens (including phenoxy) is 2. The van der Waals surface area contributed by atoms with E-state index < -0.39 is 17.7 Å². The fraction of sp³-hybridized carbons (Fsp3) is 0.207. The first-order valence-electron chi connectivity index (χ1n) is 12.2. The van der Waals surface area contributed by atoms with E-state index in [2.05, 4.69) is 4.98 Å². The molecule has 0 spiro atoms. The minimum absolute atomic E-state index is 0.00662. The maximum atomic E-state index is 13.5. The van der Waals surface area contributed by atoms with E-state index in [0.717, 1.165) is 16.0 Å². The lowest BCUT2D eigenvalue weighted by Gasteiger charge is -2.23. The lowest BCUT2D eigenvalue weighted by molar-refractivity contribution is -0.132. The van der Waals surface area contributed by atoms with Crippen molar-refractivity contribution in [1.29, 1.82) is 0 Å². The monoisotopic (exact) mass is 546 g/mol. The van der Waals surface area contributed by atoms with Crippen molar-refractivity contribution in [3.63, 3.8) is 0 Å². The summed E-state index contributed by atoms with van der Waals surface area (Å²) in [5, 5.41) is 12.4. The van der Waals surface area contributed by atoms with Crippen LogP contribution in [0.4, 0.5) is 5.13 Å². The summed E-state index contributed by atoms with van der Waals surface area (Å²) in [4.78, 5) is 33.1. The molecule has 3 aromatic carbocycles. The molecule has 1 amide bonds. The van der Waals surface area contributed by atoms with Gasteiger partial charge < -0.3 is 14.6 Å². The number of thiazole rings is 1. The first kappa shape index (κ1) is 24.5. The Morgan fingerprint density at radius 3 is 2.84 bits per heavy atom. The highest BCUT2D eigenvalue weighted by Crippen LogP contribution is 2.45. The molecule has 2 aliphatic heterocycles. The second-order valence-corrected chi connectivity index (χ2v) is 10.7. The molecule has 1 saturated heterocycles. The van der Waals surface area contributed by atoms with Gasteiger partial charge in [-0.2, -0.15) is 0 Å². The Bertz CT molecular complexity index is 1650. The van der Waals surface area contributed by atoms with Gasteiger partial charge in [-0.25, -0.2) is 4.98 Å². The van der Waals surface area contributed by atoms with Crippen molar-refractivity contribution in [2.24, 2.45) is 0 Å². The zero-order valence-corrected chi connectivity index (χ0v) is 22.2. The third-order valence-electron chi connectivity index (χ3n) is 6.64. The van der Waals surface area contributed by atoms with Crippen molar-refractivity contribution in [1.82, 2.24) is 4.98 Å². The number of ketones is 1. The van der Waals surface area contributed by atoms with Gasteiger partial charge in [0.2, 0.25) is 0 Å². The number of halogens is 1. The standard InChI is InChI=1S/C29H23ClN2O5S/c1-3-36-20-6-4-5-16(13-20)25-24(26(33)17-7-10-22-18(12-17)11-15(2)37-22)27(34)28(35)32(25)29-31-21-9-8-19(30)14-23(21)38-29/h4-10,12-15,25,33H,3,11H2,1-2H3/t15-,25-/m1/s1. The van der Waals surface area contributed by atoms with Gasteiger partial charge in [0.05, 0.1) is 28.4 Å². The average molecular weight is 547 g/mol. The molecule has 0 aliphatic carbocycles. The minimum atomic E-state index is -0.908. The minimum Gasteiger partial charge on any atom is -0.507 e. The predicted molar refractivity (Wildman–Crippen MR) is 147 cm³/mol. The Morgan fingerprint density at radius 1 is 1.18 bits per heavy atom. The number of anilines is 1. The van der Waals surface area contributed by atoms with Gasteiger partial charge >= 0.3 is 5.91 Å². The van der Waals surface area contributed by atoms with Crippen LogP contribution in [0.1, 0.15) is 36.6 Å². The van der Waals surface area contributed by atoms with E-state index in [1.165, 1.54) is 16.2 Å². The summed E-state index contributed by atoms with van der Waals surface area (Å²) in [6, 6.07) is 16.9. The van der Waals surface area contributed by atoms with Crippen LogP contribution in [0, 0.1) is 0 Å². The van der Waals surface area contributed by atoms with Crippen molar-refractivity contribution in [2.45, 2.75) is 32.4 Å². The van der Waals surface area contributed by atoms with Gasteiger partial charge in [-0.15, -0.1) is 0 Å². The molecule has 192 valence electrons. The number of aliphatic hydroxyl groups excluding tert-OH is 1. The van der Waals surface area contributed by atoms with E-state index in [-0.39, 0.29) is 17.4 Å². The van der Waals surface area contributed by atoms with Gasteiger partial charge in [0.1, 0.15) is 23.4 Å². The molecule has 1 aromatic heterocycles. The molecule has 0 saturated carbocycles. The number of benzene rings is 3. The van der Waals surface area contributed by atoms with Crippen LogP contribution in [-0.2, 0) is 16.0 Å². The van der Waals surface area contributed by atoms with Crippen LogP contribution in [0.2, 0.25) is 5.02 Å². The number of Topliss-reactive ketones (excluding diaryl/α,β-unsaturated/α-hetero) is 1. The fourth-order valence-corrected chi connectivity index (χ4v) is 6.27. The van der Waals surface area contributed by atoms with Crippen LogP contribution < -0.4 is 14.4 Å². The summed E-state index contributed by atoms with van der Waals surface area (Å²) in [5.74, 6) is -0.443. The predicted octanol–water partition coefficient (Wildman–Crippen LogP) is 6.30. The second-order valence-electron chi connectivity index (χ2n) is 9.24. The molecule has 3 heterocycles. The highest BCUT2D eigenvalue weighted by Gasteiger charge is 2.48. The topological polar surface area (TPSA) is 89.0 Å². The first-order chi connectivity index (χ1) is 18.3. The van der Waals surface area contributed by atoms with Gasteiger partial charge in [0, 0.05) is 17.0 Å². The number of hydrogen-bond donors (Lipinski definition) is 1. The van der Waals surface area contributed by atoms with E-state index >= 15 is 0 Å². The zero-order valence-electron chi connectivity index (χ0n) is 20.6. The van der Waals surface area contributed by atoms with E-state index in [9.17, 15) is 14.7 Å². The van der Waals surface area contributed by atoms with E-state index in [1.54, 1.807) is 48.5 Å². The maximum absolute atomic E-state index is 13.5. The third kappa shape index (κ3) is 4.10. The number of hydrogen-bond acceptors (Lipinski definition) is 7. The summed E-state index contributed by atoms with van der Waals surface area (Å²) < 4.78 is 12.3. The van der Waals surface area contributed by atoms with Gasteiger partial charge in [0.15, 0.2) is 5.13 Å². The summed E-state index contributed by atoms with van der Waals surface area (Å²) in [6.07, 6.45) is 0.723. The second kappa shape index (κ2) is 9.45. The van der Waals surface area contributed by atoms with Crippen LogP contribution in [-0.4, -0.2) is 34.5 Å². The first-order valence-corrected chi connectivity index (χ1v) is 13.4. The van der Waals surface area contributed by atoms with Crippen molar-refractivity contribution in [2.75, 3.05) is 11.5 Å². The van der Waals surface area contributed by atoms with Crippen LogP contribution in [0.25, 0.3) is 16.0 Å². The maximum Gasteiger partial charge on any atom is 0.301 e. The molecule has 2 aliphatic rings. The van der Waals surface area contributed by atoms with Crippen LogP contribution in [0.5, 0.6) is 11.5 Å². The highest BCUT2D eigenvalue weighted by atomic mass is 35.5. The van der Waals surface area contributed by atoms with Crippen LogP contribution in [0.15, 0.2) is 66.2 Å². The summed E-state index contributed by atoms with van der Waals surface area (Å²) in [5.41, 5.74) is 2.65.